The Morgan fingerprint density at radius 2 is 1.98 bits per heavy atom. The number of anilines is 1. The number of carbonyl (C=O) groups is 2. The number of esters is 1. The van der Waals surface area contributed by atoms with Crippen LogP contribution in [-0.4, -0.2) is 62.3 Å². The van der Waals surface area contributed by atoms with Gasteiger partial charge in [0.1, 0.15) is 5.75 Å². The third-order valence-corrected chi connectivity index (χ3v) is 7.63. The fourth-order valence-electron chi connectivity index (χ4n) is 5.01. The highest BCUT2D eigenvalue weighted by Gasteiger charge is 2.28. The van der Waals surface area contributed by atoms with Gasteiger partial charge in [-0.1, -0.05) is 49.2 Å². The molecule has 0 fully saturated rings. The Labute approximate surface area is 243 Å². The molecule has 2 aromatic rings. The second kappa shape index (κ2) is 15.7. The zero-order chi connectivity index (χ0) is 29.1. The molecule has 7 nitrogen and oxygen atoms in total. The van der Waals surface area contributed by atoms with Crippen molar-refractivity contribution in [1.29, 1.82) is 0 Å². The predicted molar refractivity (Wildman–Crippen MR) is 160 cm³/mol. The molecule has 0 radical (unpaired) electrons. The highest BCUT2D eigenvalue weighted by Crippen LogP contribution is 2.38. The molecule has 1 amide bonds. The van der Waals surface area contributed by atoms with Gasteiger partial charge in [0.05, 0.1) is 19.4 Å². The van der Waals surface area contributed by atoms with Crippen LogP contribution in [0.25, 0.3) is 0 Å². The number of fused-ring (bicyclic) bond motifs is 1. The molecule has 3 rings (SSSR count). The lowest BCUT2D eigenvalue weighted by Gasteiger charge is -2.28. The summed E-state index contributed by atoms with van der Waals surface area (Å²) in [5, 5.41) is 11.2. The molecule has 1 aliphatic heterocycles. The average molecular weight is 571 g/mol. The Morgan fingerprint density at radius 1 is 1.20 bits per heavy atom. The maximum Gasteiger partial charge on any atom is 0.339 e. The second-order valence-electron chi connectivity index (χ2n) is 10.4. The van der Waals surface area contributed by atoms with Crippen LogP contribution in [0.15, 0.2) is 48.6 Å². The molecular weight excluding hydrogens is 528 g/mol. The molecule has 0 bridgehead atoms. The molecule has 218 valence electrons. The number of hydrogen-bond donors (Lipinski definition) is 1. The van der Waals surface area contributed by atoms with Gasteiger partial charge < -0.3 is 24.4 Å². The first-order valence-corrected chi connectivity index (χ1v) is 14.6. The molecule has 8 heteroatoms. The summed E-state index contributed by atoms with van der Waals surface area (Å²) >= 11 is 6.34. The molecule has 2 atom stereocenters. The Hall–Kier alpha value is -3.03. The van der Waals surface area contributed by atoms with Crippen molar-refractivity contribution in [1.82, 2.24) is 4.90 Å². The number of allylic oxidation sites excluding steroid dienone is 1. The second-order valence-corrected chi connectivity index (χ2v) is 10.8. The van der Waals surface area contributed by atoms with Crippen molar-refractivity contribution < 1.29 is 24.2 Å². The van der Waals surface area contributed by atoms with E-state index >= 15 is 0 Å². The fourth-order valence-corrected chi connectivity index (χ4v) is 5.21. The van der Waals surface area contributed by atoms with Crippen molar-refractivity contribution in [2.45, 2.75) is 64.4 Å². The van der Waals surface area contributed by atoms with Crippen LogP contribution in [0, 0.1) is 0 Å². The average Bonchev–Trinajstić information content (AvgIpc) is 3.12. The summed E-state index contributed by atoms with van der Waals surface area (Å²) in [6.45, 7) is 6.55. The number of rotatable bonds is 13. The molecule has 1 aliphatic rings. The molecule has 40 heavy (non-hydrogen) atoms. The van der Waals surface area contributed by atoms with E-state index in [0.29, 0.717) is 12.2 Å². The van der Waals surface area contributed by atoms with Crippen LogP contribution in [0.5, 0.6) is 5.75 Å². The number of hydrogen-bond acceptors (Lipinski definition) is 6. The molecule has 0 aromatic heterocycles. The predicted octanol–water partition coefficient (Wildman–Crippen LogP) is 6.08. The minimum Gasteiger partial charge on any atom is -0.491 e. The molecule has 1 heterocycles. The number of unbranched alkanes of at least 4 members (excludes halogenated alkanes) is 2. The van der Waals surface area contributed by atoms with E-state index in [2.05, 4.69) is 36.1 Å². The normalized spacial score (nSPS) is 15.8. The summed E-state index contributed by atoms with van der Waals surface area (Å²) in [5.41, 5.74) is 3.85. The minimum atomic E-state index is -1.35. The largest absolute Gasteiger partial charge is 0.491 e. The first-order chi connectivity index (χ1) is 19.2. The molecule has 1 N–H and O–H groups in total. The van der Waals surface area contributed by atoms with E-state index in [4.69, 9.17) is 21.1 Å². The highest BCUT2D eigenvalue weighted by atomic mass is 35.5. The third-order valence-electron chi connectivity index (χ3n) is 7.39. The number of carbonyl (C=O) groups excluding carboxylic acids is 2. The van der Waals surface area contributed by atoms with Crippen molar-refractivity contribution in [2.24, 2.45) is 0 Å². The standard InChI is InChI=1S/C32H43ClN2O5/c1-5-12-24-19-27(33)14-15-28(24)26-21-35(18-11-9-7-6-8-10-17-34(3)23(2)36)29-20-25(31(37)32(38)39-4)13-16-30(29)40-22-26/h6,8,13-16,19-20,26,31,37H,5,7,9-12,17-18,21-22H2,1-4H3/b8-6+. The van der Waals surface area contributed by atoms with E-state index in [1.807, 2.05) is 25.2 Å². The van der Waals surface area contributed by atoms with Crippen molar-refractivity contribution in [3.8, 4) is 5.75 Å². The molecule has 0 spiro atoms. The Kier molecular flexibility index (Phi) is 12.3. The van der Waals surface area contributed by atoms with E-state index in [9.17, 15) is 14.7 Å². The molecule has 0 aliphatic carbocycles. The van der Waals surface area contributed by atoms with E-state index in [1.165, 1.54) is 18.2 Å². The summed E-state index contributed by atoms with van der Waals surface area (Å²) in [6, 6.07) is 11.5. The van der Waals surface area contributed by atoms with Crippen molar-refractivity contribution in [3.05, 3.63) is 70.3 Å². The molecule has 2 unspecified atom stereocenters. The quantitative estimate of drug-likeness (QED) is 0.179. The number of halogens is 1. The first kappa shape index (κ1) is 31.5. The van der Waals surface area contributed by atoms with E-state index in [-0.39, 0.29) is 11.8 Å². The minimum absolute atomic E-state index is 0.0797. The maximum absolute atomic E-state index is 12.0. The SMILES string of the molecule is CCCc1cc(Cl)ccc1C1COc2ccc(C(O)C(=O)OC)cc2N(CCCC/C=C/CCN(C)C(C)=O)C1. The lowest BCUT2D eigenvalue weighted by Crippen LogP contribution is -2.30. The smallest absolute Gasteiger partial charge is 0.339 e. The molecule has 0 saturated carbocycles. The monoisotopic (exact) mass is 570 g/mol. The van der Waals surface area contributed by atoms with Crippen LogP contribution in [0.3, 0.4) is 0 Å². The lowest BCUT2D eigenvalue weighted by atomic mass is 9.92. The van der Waals surface area contributed by atoms with Gasteiger partial charge in [0.15, 0.2) is 6.10 Å². The number of aliphatic hydroxyl groups excluding tert-OH is 1. The third kappa shape index (κ3) is 8.73. The van der Waals surface area contributed by atoms with Crippen LogP contribution >= 0.6 is 11.6 Å². The number of methoxy groups -OCH3 is 1. The summed E-state index contributed by atoms with van der Waals surface area (Å²) in [4.78, 5) is 27.4. The fraction of sp³-hybridized carbons (Fsp3) is 0.500. The van der Waals surface area contributed by atoms with E-state index in [0.717, 1.165) is 74.6 Å². The number of aliphatic hydroxyl groups is 1. The lowest BCUT2D eigenvalue weighted by molar-refractivity contribution is -0.150. The van der Waals surface area contributed by atoms with Crippen molar-refractivity contribution in [2.75, 3.05) is 45.3 Å². The van der Waals surface area contributed by atoms with Crippen LogP contribution in [0.2, 0.25) is 5.02 Å². The van der Waals surface area contributed by atoms with E-state index in [1.54, 1.807) is 17.9 Å². The maximum atomic E-state index is 12.0. The topological polar surface area (TPSA) is 79.3 Å². The Balaban J connectivity index is 1.76. The van der Waals surface area contributed by atoms with Gasteiger partial charge in [-0.3, -0.25) is 4.79 Å². The van der Waals surface area contributed by atoms with Gasteiger partial charge in [0, 0.05) is 44.5 Å². The first-order valence-electron chi connectivity index (χ1n) is 14.2. The zero-order valence-corrected chi connectivity index (χ0v) is 25.0. The van der Waals surface area contributed by atoms with Crippen LogP contribution in [0.1, 0.15) is 74.7 Å². The molecule has 0 saturated heterocycles. The van der Waals surface area contributed by atoms with Crippen LogP contribution in [-0.2, 0) is 20.7 Å². The number of amides is 1. The molecule has 2 aromatic carbocycles. The van der Waals surface area contributed by atoms with Gasteiger partial charge in [-0.15, -0.1) is 0 Å². The van der Waals surface area contributed by atoms with Gasteiger partial charge in [0.25, 0.3) is 0 Å². The van der Waals surface area contributed by atoms with Gasteiger partial charge in [-0.25, -0.2) is 4.79 Å². The zero-order valence-electron chi connectivity index (χ0n) is 24.2. The van der Waals surface area contributed by atoms with Gasteiger partial charge in [-0.05, 0) is 73.1 Å². The Morgan fingerprint density at radius 3 is 2.70 bits per heavy atom. The van der Waals surface area contributed by atoms with Gasteiger partial charge in [-0.2, -0.15) is 0 Å². The summed E-state index contributed by atoms with van der Waals surface area (Å²) in [5.74, 6) is 0.267. The molecular formula is C32H43ClN2O5. The Bertz CT molecular complexity index is 1170. The van der Waals surface area contributed by atoms with Gasteiger partial charge in [0.2, 0.25) is 5.91 Å². The summed E-state index contributed by atoms with van der Waals surface area (Å²) in [7, 11) is 3.09. The summed E-state index contributed by atoms with van der Waals surface area (Å²) < 4.78 is 11.1. The van der Waals surface area contributed by atoms with Gasteiger partial charge >= 0.3 is 5.97 Å². The van der Waals surface area contributed by atoms with Crippen LogP contribution < -0.4 is 9.64 Å². The number of benzene rings is 2. The van der Waals surface area contributed by atoms with Crippen molar-refractivity contribution in [3.63, 3.8) is 0 Å². The van der Waals surface area contributed by atoms with Crippen LogP contribution in [0.4, 0.5) is 5.69 Å². The summed E-state index contributed by atoms with van der Waals surface area (Å²) in [6.07, 6.45) is 8.74. The number of aryl methyl sites for hydroxylation is 1. The van der Waals surface area contributed by atoms with E-state index < -0.39 is 12.1 Å². The number of nitrogens with zero attached hydrogens (tertiary/aromatic N) is 2. The van der Waals surface area contributed by atoms with Crippen molar-refractivity contribution >= 4 is 29.2 Å². The number of ether oxygens (including phenoxy) is 2. The highest BCUT2D eigenvalue weighted by molar-refractivity contribution is 6.30.